The van der Waals surface area contributed by atoms with Crippen molar-refractivity contribution < 1.29 is 0 Å². The molecule has 5 heteroatoms. The maximum absolute atomic E-state index is 6.09. The molecular weight excluding hydrogens is 388 g/mol. The Bertz CT molecular complexity index is 590. The van der Waals surface area contributed by atoms with Crippen molar-refractivity contribution in [3.8, 4) is 0 Å². The number of anilines is 1. The van der Waals surface area contributed by atoms with E-state index in [4.69, 9.17) is 5.73 Å². The van der Waals surface area contributed by atoms with Crippen LogP contribution in [0.5, 0.6) is 0 Å². The number of rotatable bonds is 2. The summed E-state index contributed by atoms with van der Waals surface area (Å²) in [4.78, 5) is 3.83. The van der Waals surface area contributed by atoms with Crippen LogP contribution < -0.4 is 5.73 Å². The van der Waals surface area contributed by atoms with E-state index in [9.17, 15) is 0 Å². The van der Waals surface area contributed by atoms with Gasteiger partial charge in [-0.05, 0) is 61.5 Å². The highest BCUT2D eigenvalue weighted by molar-refractivity contribution is 9.13. The van der Waals surface area contributed by atoms with Gasteiger partial charge in [-0.3, -0.25) is 4.90 Å². The summed E-state index contributed by atoms with van der Waals surface area (Å²) in [5.41, 5.74) is 9.73. The molecule has 3 rings (SSSR count). The Kier molecular flexibility index (Phi) is 3.98. The smallest absolute Gasteiger partial charge is 0.0843 e. The standard InChI is InChI=1S/C14H14Br2N2S/c15-12-6-10(19-14(12)16)7-18-5-4-9-2-1-3-13(17)11(9)8-18/h1-3,6H,4-5,7-8,17H2. The van der Waals surface area contributed by atoms with Crippen molar-refractivity contribution in [3.63, 3.8) is 0 Å². The van der Waals surface area contributed by atoms with Crippen molar-refractivity contribution in [1.82, 2.24) is 4.90 Å². The monoisotopic (exact) mass is 400 g/mol. The van der Waals surface area contributed by atoms with Crippen molar-refractivity contribution >= 4 is 48.9 Å². The molecule has 0 radical (unpaired) electrons. The number of thiophene rings is 1. The Balaban J connectivity index is 1.77. The van der Waals surface area contributed by atoms with Gasteiger partial charge >= 0.3 is 0 Å². The van der Waals surface area contributed by atoms with Crippen LogP contribution in [0, 0.1) is 0 Å². The molecule has 0 unspecified atom stereocenters. The zero-order chi connectivity index (χ0) is 13.4. The van der Waals surface area contributed by atoms with E-state index in [2.05, 4.69) is 55.0 Å². The Hall–Kier alpha value is -0.360. The predicted molar refractivity (Wildman–Crippen MR) is 88.4 cm³/mol. The first-order valence-electron chi connectivity index (χ1n) is 6.16. The number of hydrogen-bond acceptors (Lipinski definition) is 3. The largest absolute Gasteiger partial charge is 0.398 e. The maximum Gasteiger partial charge on any atom is 0.0843 e. The van der Waals surface area contributed by atoms with Crippen LogP contribution in [0.2, 0.25) is 0 Å². The average molecular weight is 402 g/mol. The summed E-state index contributed by atoms with van der Waals surface area (Å²) in [6, 6.07) is 8.44. The molecule has 2 heterocycles. The van der Waals surface area contributed by atoms with E-state index in [1.165, 1.54) is 19.8 Å². The van der Waals surface area contributed by atoms with E-state index in [1.807, 2.05) is 6.07 Å². The fourth-order valence-electron chi connectivity index (χ4n) is 2.49. The van der Waals surface area contributed by atoms with Crippen LogP contribution in [0.25, 0.3) is 0 Å². The highest BCUT2D eigenvalue weighted by Gasteiger charge is 2.19. The molecule has 100 valence electrons. The second-order valence-corrected chi connectivity index (χ2v) is 8.09. The normalized spacial score (nSPS) is 15.5. The fraction of sp³-hybridized carbons (Fsp3) is 0.286. The van der Waals surface area contributed by atoms with Gasteiger partial charge in [-0.15, -0.1) is 11.3 Å². The van der Waals surface area contributed by atoms with Gasteiger partial charge in [-0.25, -0.2) is 0 Å². The van der Waals surface area contributed by atoms with Crippen LogP contribution in [-0.2, 0) is 19.5 Å². The minimum atomic E-state index is 0.927. The molecule has 2 nitrogen and oxygen atoms in total. The molecule has 2 N–H and O–H groups in total. The third kappa shape index (κ3) is 2.89. The first-order valence-corrected chi connectivity index (χ1v) is 8.56. The van der Waals surface area contributed by atoms with Gasteiger partial charge in [0.15, 0.2) is 0 Å². The molecule has 1 aromatic carbocycles. The van der Waals surface area contributed by atoms with Gasteiger partial charge in [-0.1, -0.05) is 12.1 Å². The van der Waals surface area contributed by atoms with E-state index in [0.717, 1.165) is 36.2 Å². The van der Waals surface area contributed by atoms with Crippen LogP contribution in [0.4, 0.5) is 5.69 Å². The molecule has 1 aromatic heterocycles. The topological polar surface area (TPSA) is 29.3 Å². The Morgan fingerprint density at radius 2 is 2.16 bits per heavy atom. The summed E-state index contributed by atoms with van der Waals surface area (Å²) in [6.07, 6.45) is 1.09. The maximum atomic E-state index is 6.09. The number of benzene rings is 1. The highest BCUT2D eigenvalue weighted by Crippen LogP contribution is 2.34. The molecule has 1 aliphatic heterocycles. The van der Waals surface area contributed by atoms with Gasteiger partial charge in [0.2, 0.25) is 0 Å². The first kappa shape index (κ1) is 13.6. The molecular formula is C14H14Br2N2S. The third-order valence-electron chi connectivity index (χ3n) is 3.46. The quantitative estimate of drug-likeness (QED) is 0.755. The molecule has 1 aliphatic rings. The molecule has 0 aliphatic carbocycles. The summed E-state index contributed by atoms with van der Waals surface area (Å²) in [5.74, 6) is 0. The van der Waals surface area contributed by atoms with Gasteiger partial charge in [0.25, 0.3) is 0 Å². The van der Waals surface area contributed by atoms with Crippen molar-refractivity contribution in [2.75, 3.05) is 12.3 Å². The lowest BCUT2D eigenvalue weighted by molar-refractivity contribution is 0.248. The number of nitrogens with zero attached hydrogens (tertiary/aromatic N) is 1. The van der Waals surface area contributed by atoms with Gasteiger partial charge < -0.3 is 5.73 Å². The molecule has 19 heavy (non-hydrogen) atoms. The Morgan fingerprint density at radius 1 is 1.32 bits per heavy atom. The SMILES string of the molecule is Nc1cccc2c1CN(Cc1cc(Br)c(Br)s1)CC2. The minimum absolute atomic E-state index is 0.927. The molecule has 0 bridgehead atoms. The van der Waals surface area contributed by atoms with Crippen molar-refractivity contribution in [2.24, 2.45) is 0 Å². The first-order chi connectivity index (χ1) is 9.13. The summed E-state index contributed by atoms with van der Waals surface area (Å²) in [6.45, 7) is 3.04. The molecule has 0 atom stereocenters. The van der Waals surface area contributed by atoms with Gasteiger partial charge in [0.05, 0.1) is 3.79 Å². The predicted octanol–water partition coefficient (Wildman–Crippen LogP) is 4.41. The average Bonchev–Trinajstić information content (AvgIpc) is 2.69. The zero-order valence-electron chi connectivity index (χ0n) is 10.3. The lowest BCUT2D eigenvalue weighted by Gasteiger charge is -2.29. The Morgan fingerprint density at radius 3 is 2.89 bits per heavy atom. The molecule has 0 amide bonds. The Labute approximate surface area is 133 Å². The van der Waals surface area contributed by atoms with E-state index in [-0.39, 0.29) is 0 Å². The number of nitrogens with two attached hydrogens (primary N) is 1. The lowest BCUT2D eigenvalue weighted by Crippen LogP contribution is -2.30. The number of nitrogen functional groups attached to an aromatic ring is 1. The second kappa shape index (κ2) is 5.56. The number of fused-ring (bicyclic) bond motifs is 1. The minimum Gasteiger partial charge on any atom is -0.398 e. The summed E-state index contributed by atoms with van der Waals surface area (Å²) in [5, 5.41) is 0. The molecule has 0 saturated heterocycles. The molecule has 0 saturated carbocycles. The van der Waals surface area contributed by atoms with Crippen LogP contribution in [-0.4, -0.2) is 11.4 Å². The van der Waals surface area contributed by atoms with Crippen molar-refractivity contribution in [2.45, 2.75) is 19.5 Å². The van der Waals surface area contributed by atoms with Gasteiger partial charge in [0, 0.05) is 34.7 Å². The van der Waals surface area contributed by atoms with Crippen molar-refractivity contribution in [1.29, 1.82) is 0 Å². The van der Waals surface area contributed by atoms with Crippen LogP contribution in [0.15, 0.2) is 32.5 Å². The van der Waals surface area contributed by atoms with Crippen LogP contribution >= 0.6 is 43.2 Å². The summed E-state index contributed by atoms with van der Waals surface area (Å²) in [7, 11) is 0. The molecule has 0 fully saturated rings. The van der Waals surface area contributed by atoms with Gasteiger partial charge in [-0.2, -0.15) is 0 Å². The van der Waals surface area contributed by atoms with Crippen LogP contribution in [0.3, 0.4) is 0 Å². The van der Waals surface area contributed by atoms with E-state index >= 15 is 0 Å². The van der Waals surface area contributed by atoms with Crippen LogP contribution in [0.1, 0.15) is 16.0 Å². The van der Waals surface area contributed by atoms with E-state index in [0.29, 0.717) is 0 Å². The zero-order valence-corrected chi connectivity index (χ0v) is 14.3. The van der Waals surface area contributed by atoms with Gasteiger partial charge in [0.1, 0.15) is 0 Å². The molecule has 2 aromatic rings. The summed E-state index contributed by atoms with van der Waals surface area (Å²) >= 11 is 8.89. The lowest BCUT2D eigenvalue weighted by atomic mass is 9.98. The fourth-order valence-corrected chi connectivity index (χ4v) is 4.71. The number of halogens is 2. The molecule has 0 spiro atoms. The highest BCUT2D eigenvalue weighted by atomic mass is 79.9. The summed E-state index contributed by atoms with van der Waals surface area (Å²) < 4.78 is 2.31. The number of hydrogen-bond donors (Lipinski definition) is 1. The van der Waals surface area contributed by atoms with E-state index < -0.39 is 0 Å². The second-order valence-electron chi connectivity index (χ2n) is 4.78. The third-order valence-corrected chi connectivity index (χ3v) is 6.70. The van der Waals surface area contributed by atoms with Crippen molar-refractivity contribution in [3.05, 3.63) is 48.5 Å². The van der Waals surface area contributed by atoms with E-state index in [1.54, 1.807) is 11.3 Å².